The topological polar surface area (TPSA) is 68.4 Å². The lowest BCUT2D eigenvalue weighted by Gasteiger charge is -1.99. The van der Waals surface area contributed by atoms with Crippen molar-refractivity contribution < 1.29 is 9.18 Å². The Morgan fingerprint density at radius 3 is 2.48 bits per heavy atom. The first kappa shape index (κ1) is 17.3. The summed E-state index contributed by atoms with van der Waals surface area (Å²) in [7, 11) is 3.44. The molecule has 1 fully saturated rings. The summed E-state index contributed by atoms with van der Waals surface area (Å²) in [5, 5.41) is 3.14. The number of halogens is 1. The largest absolute Gasteiger partial charge is 0.328 e. The van der Waals surface area contributed by atoms with Crippen LogP contribution in [-0.2, 0) is 18.9 Å². The summed E-state index contributed by atoms with van der Waals surface area (Å²) in [6.07, 6.45) is 1.75. The molecular formula is C19H15FN4O2S. The first-order valence-electron chi connectivity index (χ1n) is 8.13. The highest BCUT2D eigenvalue weighted by molar-refractivity contribution is 8.18. The summed E-state index contributed by atoms with van der Waals surface area (Å²) in [5.74, 6) is -0.587. The standard InChI is InChI=1S/C19H15FN4O2S/c1-23-14-8-3-11(9-15(14)24(2)19(23)26)10-16-17(25)22-18(27-16)21-13-6-4-12(20)5-7-13/h3-10H,1-2H3,(H,21,22,25). The van der Waals surface area contributed by atoms with Crippen molar-refractivity contribution in [3.05, 3.63) is 69.2 Å². The Labute approximate surface area is 158 Å². The van der Waals surface area contributed by atoms with Gasteiger partial charge in [-0.3, -0.25) is 13.9 Å². The van der Waals surface area contributed by atoms with Gasteiger partial charge in [-0.05, 0) is 59.8 Å². The average Bonchev–Trinajstić information content (AvgIpc) is 3.10. The van der Waals surface area contributed by atoms with E-state index in [1.807, 2.05) is 18.2 Å². The van der Waals surface area contributed by atoms with E-state index in [0.717, 1.165) is 16.6 Å². The Kier molecular flexibility index (Phi) is 4.19. The minimum absolute atomic E-state index is 0.100. The van der Waals surface area contributed by atoms with Crippen molar-refractivity contribution in [1.82, 2.24) is 14.5 Å². The summed E-state index contributed by atoms with van der Waals surface area (Å²) < 4.78 is 16.1. The van der Waals surface area contributed by atoms with Gasteiger partial charge in [-0.25, -0.2) is 14.2 Å². The van der Waals surface area contributed by atoms with Crippen LogP contribution in [0.4, 0.5) is 10.1 Å². The van der Waals surface area contributed by atoms with Gasteiger partial charge in [-0.2, -0.15) is 0 Å². The molecule has 1 N–H and O–H groups in total. The Morgan fingerprint density at radius 2 is 1.74 bits per heavy atom. The molecule has 0 spiro atoms. The molecule has 0 atom stereocenters. The number of nitrogens with zero attached hydrogens (tertiary/aromatic N) is 3. The Morgan fingerprint density at radius 1 is 1.04 bits per heavy atom. The number of imidazole rings is 1. The van der Waals surface area contributed by atoms with Crippen LogP contribution in [0, 0.1) is 5.82 Å². The summed E-state index contributed by atoms with van der Waals surface area (Å²) in [6, 6.07) is 11.3. The molecule has 0 unspecified atom stereocenters. The number of aryl methyl sites for hydroxylation is 2. The van der Waals surface area contributed by atoms with Crippen LogP contribution in [0.1, 0.15) is 5.56 Å². The number of aromatic nitrogens is 2. The maximum Gasteiger partial charge on any atom is 0.328 e. The molecule has 0 radical (unpaired) electrons. The second kappa shape index (κ2) is 6.55. The zero-order valence-corrected chi connectivity index (χ0v) is 15.4. The summed E-state index contributed by atoms with van der Waals surface area (Å²) in [4.78, 5) is 29.1. The molecule has 27 heavy (non-hydrogen) atoms. The van der Waals surface area contributed by atoms with E-state index in [9.17, 15) is 14.0 Å². The minimum Gasteiger partial charge on any atom is -0.300 e. The summed E-state index contributed by atoms with van der Waals surface area (Å²) in [6.45, 7) is 0. The van der Waals surface area contributed by atoms with E-state index in [2.05, 4.69) is 10.3 Å². The second-order valence-electron chi connectivity index (χ2n) is 6.11. The van der Waals surface area contributed by atoms with Gasteiger partial charge < -0.3 is 5.32 Å². The third-order valence-electron chi connectivity index (χ3n) is 4.30. The Hall–Kier alpha value is -3.13. The number of rotatable bonds is 2. The van der Waals surface area contributed by atoms with Crippen LogP contribution in [0.25, 0.3) is 17.1 Å². The van der Waals surface area contributed by atoms with Crippen molar-refractivity contribution in [3.8, 4) is 0 Å². The fourth-order valence-corrected chi connectivity index (χ4v) is 3.72. The van der Waals surface area contributed by atoms with Crippen molar-refractivity contribution in [1.29, 1.82) is 0 Å². The number of amides is 1. The number of nitrogens with one attached hydrogen (secondary N) is 1. The van der Waals surface area contributed by atoms with E-state index < -0.39 is 0 Å². The highest BCUT2D eigenvalue weighted by atomic mass is 32.2. The molecule has 6 nitrogen and oxygen atoms in total. The molecule has 1 saturated heterocycles. The SMILES string of the molecule is Cn1c(=O)n(C)c2cc(C=C3SC(=Nc4ccc(F)cc4)NC3=O)ccc21. The normalized spacial score (nSPS) is 17.2. The number of fused-ring (bicyclic) bond motifs is 1. The predicted molar refractivity (Wildman–Crippen MR) is 105 cm³/mol. The molecule has 0 aliphatic carbocycles. The smallest absolute Gasteiger partial charge is 0.300 e. The number of thioether (sulfide) groups is 1. The van der Waals surface area contributed by atoms with Crippen LogP contribution in [-0.4, -0.2) is 20.2 Å². The number of hydrogen-bond donors (Lipinski definition) is 1. The molecule has 136 valence electrons. The van der Waals surface area contributed by atoms with Crippen molar-refractivity contribution in [2.24, 2.45) is 19.1 Å². The first-order chi connectivity index (χ1) is 12.9. The van der Waals surface area contributed by atoms with Crippen molar-refractivity contribution in [2.75, 3.05) is 0 Å². The molecule has 2 aromatic carbocycles. The van der Waals surface area contributed by atoms with Gasteiger partial charge in [-0.15, -0.1) is 0 Å². The number of carbonyl (C=O) groups excluding carboxylic acids is 1. The number of carbonyl (C=O) groups is 1. The third kappa shape index (κ3) is 3.19. The second-order valence-corrected chi connectivity index (χ2v) is 7.14. The van der Waals surface area contributed by atoms with E-state index in [1.165, 1.54) is 23.9 Å². The molecular weight excluding hydrogens is 367 g/mol. The highest BCUT2D eigenvalue weighted by Gasteiger charge is 2.24. The van der Waals surface area contributed by atoms with Gasteiger partial charge in [-0.1, -0.05) is 6.07 Å². The van der Waals surface area contributed by atoms with Crippen LogP contribution in [0.5, 0.6) is 0 Å². The van der Waals surface area contributed by atoms with E-state index in [-0.39, 0.29) is 17.4 Å². The van der Waals surface area contributed by atoms with Crippen LogP contribution in [0.2, 0.25) is 0 Å². The van der Waals surface area contributed by atoms with Crippen LogP contribution < -0.4 is 11.0 Å². The molecule has 3 aromatic rings. The molecule has 0 saturated carbocycles. The first-order valence-corrected chi connectivity index (χ1v) is 8.94. The zero-order chi connectivity index (χ0) is 19.1. The predicted octanol–water partition coefficient (Wildman–Crippen LogP) is 2.91. The monoisotopic (exact) mass is 382 g/mol. The fourth-order valence-electron chi connectivity index (χ4n) is 2.88. The number of hydrogen-bond acceptors (Lipinski definition) is 4. The third-order valence-corrected chi connectivity index (χ3v) is 5.21. The van der Waals surface area contributed by atoms with E-state index in [1.54, 1.807) is 41.4 Å². The van der Waals surface area contributed by atoms with Gasteiger partial charge in [0.25, 0.3) is 5.91 Å². The molecule has 1 aliphatic heterocycles. The zero-order valence-electron chi connectivity index (χ0n) is 14.6. The van der Waals surface area contributed by atoms with Gasteiger partial charge >= 0.3 is 5.69 Å². The molecule has 1 aromatic heterocycles. The van der Waals surface area contributed by atoms with Crippen molar-refractivity contribution >= 4 is 45.6 Å². The lowest BCUT2D eigenvalue weighted by molar-refractivity contribution is -0.115. The van der Waals surface area contributed by atoms with Crippen LogP contribution in [0.15, 0.2) is 57.2 Å². The van der Waals surface area contributed by atoms with Gasteiger partial charge in [0, 0.05) is 14.1 Å². The van der Waals surface area contributed by atoms with Crippen LogP contribution >= 0.6 is 11.8 Å². The molecule has 0 bridgehead atoms. The fraction of sp³-hybridized carbons (Fsp3) is 0.105. The minimum atomic E-state index is -0.339. The Bertz CT molecular complexity index is 1190. The van der Waals surface area contributed by atoms with Gasteiger partial charge in [0.05, 0.1) is 21.6 Å². The molecule has 2 heterocycles. The van der Waals surface area contributed by atoms with E-state index >= 15 is 0 Å². The summed E-state index contributed by atoms with van der Waals surface area (Å²) in [5.41, 5.74) is 2.88. The lowest BCUT2D eigenvalue weighted by atomic mass is 10.2. The number of amidine groups is 1. The molecule has 8 heteroatoms. The average molecular weight is 382 g/mol. The van der Waals surface area contributed by atoms with E-state index in [4.69, 9.17) is 0 Å². The quantitative estimate of drug-likeness (QED) is 0.693. The highest BCUT2D eigenvalue weighted by Crippen LogP contribution is 2.28. The van der Waals surface area contributed by atoms with Crippen molar-refractivity contribution in [2.45, 2.75) is 0 Å². The Balaban J connectivity index is 1.65. The maximum absolute atomic E-state index is 13.0. The van der Waals surface area contributed by atoms with Crippen LogP contribution in [0.3, 0.4) is 0 Å². The number of benzene rings is 2. The lowest BCUT2D eigenvalue weighted by Crippen LogP contribution is -2.19. The molecule has 4 rings (SSSR count). The van der Waals surface area contributed by atoms with Crippen molar-refractivity contribution in [3.63, 3.8) is 0 Å². The van der Waals surface area contributed by atoms with Gasteiger partial charge in [0.15, 0.2) is 5.17 Å². The summed E-state index contributed by atoms with van der Waals surface area (Å²) >= 11 is 1.21. The maximum atomic E-state index is 13.0. The number of aliphatic imine (C=N–C) groups is 1. The molecule has 1 amide bonds. The molecule has 1 aliphatic rings. The van der Waals surface area contributed by atoms with Gasteiger partial charge in [0.2, 0.25) is 0 Å². The van der Waals surface area contributed by atoms with Gasteiger partial charge in [0.1, 0.15) is 5.82 Å². The van der Waals surface area contributed by atoms with E-state index in [0.29, 0.717) is 15.8 Å².